The van der Waals surface area contributed by atoms with E-state index >= 15 is 0 Å². The summed E-state index contributed by atoms with van der Waals surface area (Å²) in [6, 6.07) is 166. The lowest BCUT2D eigenvalue weighted by Crippen LogP contribution is -2.04. The van der Waals surface area contributed by atoms with Crippen molar-refractivity contribution < 1.29 is 8.83 Å². The molecule has 138 heavy (non-hydrogen) atoms. The van der Waals surface area contributed by atoms with Gasteiger partial charge in [0.15, 0.2) is 57.3 Å². The molecule has 0 radical (unpaired) electrons. The van der Waals surface area contributed by atoms with Crippen LogP contribution in [0.4, 0.5) is 0 Å². The normalized spacial score (nSPS) is 11.8. The van der Waals surface area contributed by atoms with Crippen LogP contribution in [0.1, 0.15) is 0 Å². The van der Waals surface area contributed by atoms with Gasteiger partial charge in [-0.05, 0) is 148 Å². The molecule has 0 aliphatic heterocycles. The van der Waals surface area contributed by atoms with Crippen molar-refractivity contribution in [3.05, 3.63) is 473 Å². The molecule has 0 fully saturated rings. The Morgan fingerprint density at radius 3 is 0.717 bits per heavy atom. The number of para-hydroxylation sites is 8. The van der Waals surface area contributed by atoms with Gasteiger partial charge in [0, 0.05) is 109 Å². The van der Waals surface area contributed by atoms with Gasteiger partial charge >= 0.3 is 0 Å². The zero-order valence-corrected chi connectivity index (χ0v) is 74.3. The predicted molar refractivity (Wildman–Crippen MR) is 566 cm³/mol. The molecule has 0 atom stereocenters. The van der Waals surface area contributed by atoms with E-state index in [1.165, 1.54) is 10.8 Å². The molecule has 0 saturated heterocycles. The zero-order valence-electron chi connectivity index (χ0n) is 74.3. The van der Waals surface area contributed by atoms with E-state index < -0.39 is 0 Å². The topological polar surface area (TPSA) is 123 Å². The first-order valence-electron chi connectivity index (χ1n) is 46.6. The number of hydrogen-bond donors (Lipinski definition) is 0. The van der Waals surface area contributed by atoms with Crippen LogP contribution >= 0.6 is 0 Å². The molecule has 0 amide bonds. The quantitative estimate of drug-likeness (QED) is 0.105. The fraction of sp³-hybridized carbons (Fsp3) is 0. The molecule has 8 aromatic heterocycles. The molecule has 12 nitrogen and oxygen atoms in total. The highest BCUT2D eigenvalue weighted by molar-refractivity contribution is 6.29. The van der Waals surface area contributed by atoms with Gasteiger partial charge in [-0.2, -0.15) is 0 Å². The summed E-state index contributed by atoms with van der Waals surface area (Å²) in [6.45, 7) is 0. The molecule has 644 valence electrons. The molecule has 0 aliphatic rings. The molecule has 0 N–H and O–H groups in total. The Balaban J connectivity index is 0.000000139. The summed E-state index contributed by atoms with van der Waals surface area (Å²) in [5.74, 6) is 3.49. The highest BCUT2D eigenvalue weighted by Crippen LogP contribution is 2.50. The van der Waals surface area contributed by atoms with E-state index in [0.29, 0.717) is 34.9 Å². The first-order chi connectivity index (χ1) is 68.5. The van der Waals surface area contributed by atoms with Crippen LogP contribution in [0.2, 0.25) is 0 Å². The third kappa shape index (κ3) is 12.9. The first kappa shape index (κ1) is 79.0. The van der Waals surface area contributed by atoms with E-state index in [1.807, 2.05) is 24.3 Å². The lowest BCUT2D eigenvalue weighted by Gasteiger charge is -2.16. The van der Waals surface area contributed by atoms with E-state index in [-0.39, 0.29) is 0 Å². The van der Waals surface area contributed by atoms with Gasteiger partial charge in [-0.25, -0.2) is 29.9 Å². The lowest BCUT2D eigenvalue weighted by molar-refractivity contribution is 0.673. The number of nitrogens with zero attached hydrogens (tertiary/aromatic N) is 10. The molecule has 8 heterocycles. The molecule has 20 aromatic carbocycles. The van der Waals surface area contributed by atoms with Crippen molar-refractivity contribution in [1.82, 2.24) is 48.2 Å². The second-order valence-electron chi connectivity index (χ2n) is 35.0. The molecular formula is C126H78N10O2. The standard InChI is InChI=1S/2C63H39N5O/c1-4-20-40(21-5-1)43-26-10-12-30-51(43)61-64-62(52-31-13-11-27-44(52)41-22-6-2-7-23-41)66-63(65-61)53-32-16-19-35-56(53)68-55-34-18-15-29-46(55)48-37-39-50-49-38-36-47-45-28-14-17-33-54(45)67(42-24-8-3-9-25-42)57(47)59(49)69-60(50)58(48)68;1-4-19-40(20-5-1)42-23-18-24-43(39-42)61-64-62(52-30-11-10-27-45(52)41-21-6-2-7-22-41)66-63(65-61)53-31-14-17-34-56(53)68-55-33-16-13-29-47(55)49-36-38-51-50-37-35-48-46-28-12-15-32-54(46)67(44-25-8-3-9-26-44)57(48)59(50)69-60(51)58(49)68/h2*1-39H. The van der Waals surface area contributed by atoms with Crippen molar-refractivity contribution in [2.75, 3.05) is 0 Å². The molecule has 0 spiro atoms. The van der Waals surface area contributed by atoms with E-state index in [9.17, 15) is 0 Å². The maximum Gasteiger partial charge on any atom is 0.166 e. The van der Waals surface area contributed by atoms with E-state index in [2.05, 4.69) is 467 Å². The van der Waals surface area contributed by atoms with Crippen molar-refractivity contribution in [1.29, 1.82) is 0 Å². The minimum absolute atomic E-state index is 0.563. The van der Waals surface area contributed by atoms with Crippen LogP contribution < -0.4 is 0 Å². The van der Waals surface area contributed by atoms with Gasteiger partial charge in [-0.15, -0.1) is 0 Å². The second-order valence-corrected chi connectivity index (χ2v) is 35.0. The van der Waals surface area contributed by atoms with Gasteiger partial charge in [-0.3, -0.25) is 0 Å². The molecule has 0 unspecified atom stereocenters. The fourth-order valence-electron chi connectivity index (χ4n) is 21.1. The molecule has 28 rings (SSSR count). The van der Waals surface area contributed by atoms with Gasteiger partial charge in [0.05, 0.1) is 55.5 Å². The van der Waals surface area contributed by atoms with Crippen molar-refractivity contribution in [3.8, 4) is 136 Å². The van der Waals surface area contributed by atoms with Crippen LogP contribution in [0.5, 0.6) is 0 Å². The monoisotopic (exact) mass is 1760 g/mol. The Bertz CT molecular complexity index is 9620. The number of fused-ring (bicyclic) bond motifs is 22. The predicted octanol–water partition coefficient (Wildman–Crippen LogP) is 32.6. The van der Waals surface area contributed by atoms with Crippen molar-refractivity contribution >= 4 is 131 Å². The SMILES string of the molecule is c1ccc(-c2cccc(-c3nc(-c4ccccc4-c4ccccc4)nc(-c4ccccc4-n4c5ccccc5c5ccc6c7ccc8c9ccccc9n(-c9ccccc9)c8c7oc6c54)n3)c2)cc1.c1ccc(-c2ccccc2-c2nc(-c3ccccc3-c3ccccc3)nc(-c3ccccc3-n3c4ccccc4c4ccc5c6ccc7c8ccccc8n(-c8ccccc8)c7c6oc5c43)n2)cc1. The fourth-order valence-corrected chi connectivity index (χ4v) is 21.1. The summed E-state index contributed by atoms with van der Waals surface area (Å²) in [7, 11) is 0. The third-order valence-corrected chi connectivity index (χ3v) is 27.2. The number of furan rings is 2. The van der Waals surface area contributed by atoms with Gasteiger partial charge in [0.2, 0.25) is 0 Å². The maximum atomic E-state index is 7.39. The average molecular weight is 1760 g/mol. The minimum atomic E-state index is 0.563. The molecule has 12 heteroatoms. The maximum absolute atomic E-state index is 7.39. The van der Waals surface area contributed by atoms with Crippen LogP contribution in [0.25, 0.3) is 267 Å². The lowest BCUT2D eigenvalue weighted by atomic mass is 9.98. The number of rotatable bonds is 14. The summed E-state index contributed by atoms with van der Waals surface area (Å²) in [5, 5.41) is 13.3. The summed E-state index contributed by atoms with van der Waals surface area (Å²) >= 11 is 0. The van der Waals surface area contributed by atoms with Crippen molar-refractivity contribution in [3.63, 3.8) is 0 Å². The number of aromatic nitrogens is 10. The third-order valence-electron chi connectivity index (χ3n) is 27.2. The second kappa shape index (κ2) is 32.6. The molecule has 0 bridgehead atoms. The Hall–Kier alpha value is -18.8. The summed E-state index contributed by atoms with van der Waals surface area (Å²) < 4.78 is 24.2. The largest absolute Gasteiger partial charge is 0.452 e. The summed E-state index contributed by atoms with van der Waals surface area (Å²) in [4.78, 5) is 32.4. The van der Waals surface area contributed by atoms with E-state index in [0.717, 1.165) is 221 Å². The van der Waals surface area contributed by atoms with E-state index in [4.69, 9.17) is 38.7 Å². The van der Waals surface area contributed by atoms with Crippen LogP contribution in [0.15, 0.2) is 482 Å². The van der Waals surface area contributed by atoms with Crippen molar-refractivity contribution in [2.45, 2.75) is 0 Å². The molecule has 28 aromatic rings. The van der Waals surface area contributed by atoms with Gasteiger partial charge in [-0.1, -0.05) is 370 Å². The van der Waals surface area contributed by atoms with Gasteiger partial charge in [0.25, 0.3) is 0 Å². The van der Waals surface area contributed by atoms with Crippen LogP contribution in [0, 0.1) is 0 Å². The van der Waals surface area contributed by atoms with Crippen LogP contribution in [-0.4, -0.2) is 48.2 Å². The van der Waals surface area contributed by atoms with Crippen LogP contribution in [-0.2, 0) is 0 Å². The van der Waals surface area contributed by atoms with Gasteiger partial charge in [0.1, 0.15) is 0 Å². The summed E-state index contributed by atoms with van der Waals surface area (Å²) in [5.41, 5.74) is 29.8. The highest BCUT2D eigenvalue weighted by Gasteiger charge is 2.30. The molecule has 0 aliphatic carbocycles. The Morgan fingerprint density at radius 2 is 0.377 bits per heavy atom. The van der Waals surface area contributed by atoms with Gasteiger partial charge < -0.3 is 27.1 Å². The summed E-state index contributed by atoms with van der Waals surface area (Å²) in [6.07, 6.45) is 0. The molecular weight excluding hydrogens is 1690 g/mol. The molecule has 0 saturated carbocycles. The zero-order chi connectivity index (χ0) is 90.8. The number of benzene rings is 20. The Labute approximate surface area is 791 Å². The van der Waals surface area contributed by atoms with E-state index in [1.54, 1.807) is 0 Å². The Kier molecular flexibility index (Phi) is 18.7. The van der Waals surface area contributed by atoms with Crippen molar-refractivity contribution in [2.24, 2.45) is 0 Å². The Morgan fingerprint density at radius 1 is 0.145 bits per heavy atom. The highest BCUT2D eigenvalue weighted by atomic mass is 16.3. The average Bonchev–Trinajstić information content (AvgIpc) is 1.54. The minimum Gasteiger partial charge on any atom is -0.452 e. The smallest absolute Gasteiger partial charge is 0.166 e. The first-order valence-corrected chi connectivity index (χ1v) is 46.6. The number of hydrogen-bond acceptors (Lipinski definition) is 8. The van der Waals surface area contributed by atoms with Crippen LogP contribution in [0.3, 0.4) is 0 Å².